The van der Waals surface area contributed by atoms with Gasteiger partial charge in [0.25, 0.3) is 5.91 Å². The number of esters is 1. The number of amides is 1. The van der Waals surface area contributed by atoms with E-state index in [-0.39, 0.29) is 22.2 Å². The Kier molecular flexibility index (Phi) is 7.28. The summed E-state index contributed by atoms with van der Waals surface area (Å²) >= 11 is 7.23. The second-order valence-corrected chi connectivity index (χ2v) is 8.31. The maximum atomic E-state index is 13.3. The van der Waals surface area contributed by atoms with Crippen molar-refractivity contribution in [2.45, 2.75) is 6.92 Å². The standard InChI is InChI=1S/C23H17ClFN3O6S/c1-12(29)32-11-33-21-18(31-2)7-8-26-20(21)22(30)28-23-27-16-5-4-14(10-19(16)35-23)34-17-6-3-13(25)9-15(17)24/h3-10H,11H2,1-2H3,(H,27,28,30). The third-order valence-electron chi connectivity index (χ3n) is 4.47. The molecule has 1 N–H and O–H groups in total. The number of thiazole rings is 1. The summed E-state index contributed by atoms with van der Waals surface area (Å²) in [5, 5.41) is 3.12. The van der Waals surface area contributed by atoms with Gasteiger partial charge in [-0.2, -0.15) is 0 Å². The van der Waals surface area contributed by atoms with Gasteiger partial charge in [0.1, 0.15) is 17.3 Å². The van der Waals surface area contributed by atoms with Gasteiger partial charge in [-0.25, -0.2) is 14.4 Å². The SMILES string of the molecule is COc1ccnc(C(=O)Nc2nc3ccc(Oc4ccc(F)cc4Cl)cc3s2)c1OCOC(C)=O. The number of fused-ring (bicyclic) bond motifs is 1. The van der Waals surface area contributed by atoms with Crippen LogP contribution >= 0.6 is 22.9 Å². The van der Waals surface area contributed by atoms with Gasteiger partial charge in [0.2, 0.25) is 6.79 Å². The average Bonchev–Trinajstić information content (AvgIpc) is 3.22. The number of methoxy groups -OCH3 is 1. The summed E-state index contributed by atoms with van der Waals surface area (Å²) in [6, 6.07) is 10.5. The Morgan fingerprint density at radius 2 is 1.97 bits per heavy atom. The predicted molar refractivity (Wildman–Crippen MR) is 127 cm³/mol. The van der Waals surface area contributed by atoms with E-state index in [2.05, 4.69) is 15.3 Å². The van der Waals surface area contributed by atoms with Gasteiger partial charge in [-0.3, -0.25) is 14.9 Å². The van der Waals surface area contributed by atoms with Crippen LogP contribution in [-0.4, -0.2) is 35.7 Å². The van der Waals surface area contributed by atoms with E-state index in [0.29, 0.717) is 22.1 Å². The minimum Gasteiger partial charge on any atom is -0.493 e. The first-order valence-electron chi connectivity index (χ1n) is 9.98. The molecular formula is C23H17ClFN3O6S. The number of rotatable bonds is 8. The first-order valence-corrected chi connectivity index (χ1v) is 11.2. The van der Waals surface area contributed by atoms with Crippen molar-refractivity contribution in [2.24, 2.45) is 0 Å². The lowest BCUT2D eigenvalue weighted by Crippen LogP contribution is -2.17. The molecule has 180 valence electrons. The fourth-order valence-electron chi connectivity index (χ4n) is 2.93. The smallest absolute Gasteiger partial charge is 0.305 e. The van der Waals surface area contributed by atoms with Crippen LogP contribution in [0.2, 0.25) is 5.02 Å². The molecule has 0 unspecified atom stereocenters. The zero-order valence-corrected chi connectivity index (χ0v) is 19.9. The molecule has 0 fully saturated rings. The number of nitrogens with one attached hydrogen (secondary N) is 1. The first kappa shape index (κ1) is 24.2. The molecule has 4 rings (SSSR count). The number of anilines is 1. The highest BCUT2D eigenvalue weighted by molar-refractivity contribution is 7.22. The first-order chi connectivity index (χ1) is 16.8. The molecular weight excluding hydrogens is 501 g/mol. The molecule has 0 aliphatic heterocycles. The number of carbonyl (C=O) groups is 2. The molecule has 0 atom stereocenters. The summed E-state index contributed by atoms with van der Waals surface area (Å²) in [5.41, 5.74) is 0.540. The number of pyridine rings is 1. The third-order valence-corrected chi connectivity index (χ3v) is 5.70. The highest BCUT2D eigenvalue weighted by atomic mass is 35.5. The maximum absolute atomic E-state index is 13.3. The van der Waals surface area contributed by atoms with Crippen LogP contribution in [0.15, 0.2) is 48.7 Å². The Morgan fingerprint density at radius 1 is 1.14 bits per heavy atom. The molecule has 1 amide bonds. The molecule has 0 radical (unpaired) electrons. The van der Waals surface area contributed by atoms with E-state index in [1.807, 2.05) is 0 Å². The molecule has 9 nitrogen and oxygen atoms in total. The molecule has 0 bridgehead atoms. The van der Waals surface area contributed by atoms with E-state index < -0.39 is 24.5 Å². The van der Waals surface area contributed by atoms with Crippen molar-refractivity contribution in [1.82, 2.24) is 9.97 Å². The quantitative estimate of drug-likeness (QED) is 0.243. The lowest BCUT2D eigenvalue weighted by molar-refractivity contribution is -0.147. The van der Waals surface area contributed by atoms with Gasteiger partial charge in [-0.1, -0.05) is 22.9 Å². The Morgan fingerprint density at radius 3 is 2.71 bits per heavy atom. The van der Waals surface area contributed by atoms with E-state index in [9.17, 15) is 14.0 Å². The number of carbonyl (C=O) groups excluding carboxylic acids is 2. The maximum Gasteiger partial charge on any atom is 0.305 e. The van der Waals surface area contributed by atoms with Crippen molar-refractivity contribution in [1.29, 1.82) is 0 Å². The van der Waals surface area contributed by atoms with Gasteiger partial charge in [0.15, 0.2) is 22.3 Å². The van der Waals surface area contributed by atoms with Crippen molar-refractivity contribution < 1.29 is 32.9 Å². The molecule has 0 saturated heterocycles. The third kappa shape index (κ3) is 5.76. The Balaban J connectivity index is 1.53. The second-order valence-electron chi connectivity index (χ2n) is 6.87. The van der Waals surface area contributed by atoms with Gasteiger partial charge in [-0.15, -0.1) is 0 Å². The summed E-state index contributed by atoms with van der Waals surface area (Å²) in [4.78, 5) is 32.4. The molecule has 0 saturated carbocycles. The molecule has 2 heterocycles. The number of hydrogen-bond acceptors (Lipinski definition) is 9. The fourth-order valence-corrected chi connectivity index (χ4v) is 4.02. The minimum absolute atomic E-state index is 0.0155. The Labute approximate surface area is 207 Å². The highest BCUT2D eigenvalue weighted by Gasteiger charge is 2.21. The molecule has 0 spiro atoms. The van der Waals surface area contributed by atoms with Crippen LogP contribution in [0.3, 0.4) is 0 Å². The number of ether oxygens (including phenoxy) is 4. The average molecular weight is 518 g/mol. The Hall–Kier alpha value is -3.96. The number of aromatic nitrogens is 2. The van der Waals surface area contributed by atoms with Gasteiger partial charge < -0.3 is 18.9 Å². The molecule has 4 aromatic rings. The van der Waals surface area contributed by atoms with Crippen molar-refractivity contribution in [3.63, 3.8) is 0 Å². The number of nitrogens with zero attached hydrogens (tertiary/aromatic N) is 2. The fraction of sp³-hybridized carbons (Fsp3) is 0.130. The van der Waals surface area contributed by atoms with Crippen molar-refractivity contribution in [2.75, 3.05) is 19.2 Å². The van der Waals surface area contributed by atoms with Crippen LogP contribution in [0, 0.1) is 5.82 Å². The van der Waals surface area contributed by atoms with Crippen molar-refractivity contribution in [3.8, 4) is 23.0 Å². The zero-order chi connectivity index (χ0) is 24.9. The molecule has 0 aliphatic rings. The number of halogens is 2. The number of hydrogen-bond donors (Lipinski definition) is 1. The van der Waals surface area contributed by atoms with E-state index in [0.717, 1.165) is 10.8 Å². The van der Waals surface area contributed by atoms with Crippen LogP contribution in [0.25, 0.3) is 10.2 Å². The summed E-state index contributed by atoms with van der Waals surface area (Å²) in [5.74, 6) is -0.594. The summed E-state index contributed by atoms with van der Waals surface area (Å²) in [6.07, 6.45) is 1.38. The second kappa shape index (κ2) is 10.5. The summed E-state index contributed by atoms with van der Waals surface area (Å²) < 4.78 is 35.2. The van der Waals surface area contributed by atoms with Gasteiger partial charge in [0.05, 0.1) is 22.3 Å². The lowest BCUT2D eigenvalue weighted by atomic mass is 10.3. The molecule has 0 aliphatic carbocycles. The largest absolute Gasteiger partial charge is 0.493 e. The topological polar surface area (TPSA) is 109 Å². The van der Waals surface area contributed by atoms with Crippen molar-refractivity contribution >= 4 is 50.2 Å². The highest BCUT2D eigenvalue weighted by Crippen LogP contribution is 2.35. The normalized spacial score (nSPS) is 10.6. The van der Waals surface area contributed by atoms with E-state index in [4.69, 9.17) is 30.5 Å². The lowest BCUT2D eigenvalue weighted by Gasteiger charge is -2.13. The molecule has 2 aromatic carbocycles. The van der Waals surface area contributed by atoms with Gasteiger partial charge >= 0.3 is 5.97 Å². The van der Waals surface area contributed by atoms with E-state index >= 15 is 0 Å². The van der Waals surface area contributed by atoms with E-state index in [1.54, 1.807) is 18.2 Å². The van der Waals surface area contributed by atoms with Crippen LogP contribution in [0.4, 0.5) is 9.52 Å². The monoisotopic (exact) mass is 517 g/mol. The van der Waals surface area contributed by atoms with Crippen LogP contribution in [-0.2, 0) is 9.53 Å². The van der Waals surface area contributed by atoms with E-state index in [1.165, 1.54) is 49.8 Å². The molecule has 2 aromatic heterocycles. The Bertz CT molecular complexity index is 1410. The zero-order valence-electron chi connectivity index (χ0n) is 18.3. The van der Waals surface area contributed by atoms with Crippen LogP contribution in [0.5, 0.6) is 23.0 Å². The van der Waals surface area contributed by atoms with Crippen molar-refractivity contribution in [3.05, 3.63) is 65.2 Å². The molecule has 35 heavy (non-hydrogen) atoms. The van der Waals surface area contributed by atoms with Gasteiger partial charge in [0, 0.05) is 25.3 Å². The summed E-state index contributed by atoms with van der Waals surface area (Å²) in [7, 11) is 1.40. The van der Waals surface area contributed by atoms with Crippen LogP contribution < -0.4 is 19.5 Å². The number of benzene rings is 2. The van der Waals surface area contributed by atoms with Gasteiger partial charge in [-0.05, 0) is 30.3 Å². The molecule has 12 heteroatoms. The minimum atomic E-state index is -0.602. The van der Waals surface area contributed by atoms with Crippen LogP contribution in [0.1, 0.15) is 17.4 Å². The summed E-state index contributed by atoms with van der Waals surface area (Å²) in [6.45, 7) is 0.814. The predicted octanol–water partition coefficient (Wildman–Crippen LogP) is 5.44.